The number of ether oxygens (including phenoxy) is 1. The Hall–Kier alpha value is -1.84. The Labute approximate surface area is 114 Å². The van der Waals surface area contributed by atoms with Gasteiger partial charge in [-0.1, -0.05) is 51.1 Å². The van der Waals surface area contributed by atoms with E-state index in [4.69, 9.17) is 9.84 Å². The summed E-state index contributed by atoms with van der Waals surface area (Å²) >= 11 is 0. The van der Waals surface area contributed by atoms with Crippen LogP contribution in [0.3, 0.4) is 0 Å². The predicted molar refractivity (Wildman–Crippen MR) is 73.6 cm³/mol. The molecule has 0 aliphatic heterocycles. The molecule has 0 aliphatic rings. The summed E-state index contributed by atoms with van der Waals surface area (Å²) in [6.45, 7) is 5.87. The third-order valence-corrected chi connectivity index (χ3v) is 2.16. The van der Waals surface area contributed by atoms with Crippen LogP contribution >= 0.6 is 0 Å². The van der Waals surface area contributed by atoms with E-state index < -0.39 is 5.97 Å². The number of carbonyl (C=O) groups is 2. The highest BCUT2D eigenvalue weighted by Crippen LogP contribution is 2.03. The minimum absolute atomic E-state index is 0.0521. The molecule has 4 heteroatoms. The Morgan fingerprint density at radius 2 is 1.79 bits per heavy atom. The number of carbonyl (C=O) groups excluding carboxylic acids is 1. The molecule has 0 fully saturated rings. The Kier molecular flexibility index (Phi) is 9.14. The summed E-state index contributed by atoms with van der Waals surface area (Å²) in [7, 11) is 0. The lowest BCUT2D eigenvalue weighted by Gasteiger charge is -2.06. The summed E-state index contributed by atoms with van der Waals surface area (Å²) in [5.74, 6) is -0.912. The third kappa shape index (κ3) is 9.83. The van der Waals surface area contributed by atoms with Gasteiger partial charge in [0.1, 0.15) is 6.61 Å². The molecule has 0 heterocycles. The van der Waals surface area contributed by atoms with Crippen molar-refractivity contribution in [2.24, 2.45) is 5.92 Å². The molecule has 0 amide bonds. The van der Waals surface area contributed by atoms with Gasteiger partial charge in [0.05, 0.1) is 5.92 Å². The number of aliphatic carboxylic acids is 1. The zero-order valence-electron chi connectivity index (χ0n) is 11.8. The number of hydrogen-bond acceptors (Lipinski definition) is 3. The van der Waals surface area contributed by atoms with Crippen LogP contribution in [0.15, 0.2) is 30.3 Å². The minimum Gasteiger partial charge on any atom is -0.481 e. The number of hydrogen-bond donors (Lipinski definition) is 1. The van der Waals surface area contributed by atoms with Gasteiger partial charge in [-0.25, -0.2) is 0 Å². The Bertz CT molecular complexity index is 371. The largest absolute Gasteiger partial charge is 0.481 e. The van der Waals surface area contributed by atoms with E-state index in [-0.39, 0.29) is 11.9 Å². The first-order chi connectivity index (χ1) is 8.97. The highest BCUT2D eigenvalue weighted by molar-refractivity contribution is 5.71. The molecule has 0 bridgehead atoms. The summed E-state index contributed by atoms with van der Waals surface area (Å²) in [5, 5.41) is 7.91. The van der Waals surface area contributed by atoms with Gasteiger partial charge in [0.25, 0.3) is 0 Å². The average molecular weight is 266 g/mol. The highest BCUT2D eigenvalue weighted by Gasteiger charge is 2.07. The Morgan fingerprint density at radius 1 is 1.21 bits per heavy atom. The first-order valence-corrected chi connectivity index (χ1v) is 6.39. The summed E-state index contributed by atoms with van der Waals surface area (Å²) in [5.41, 5.74) is 1.02. The molecule has 0 aromatic heterocycles. The van der Waals surface area contributed by atoms with E-state index in [9.17, 15) is 9.59 Å². The van der Waals surface area contributed by atoms with Gasteiger partial charge in [-0.2, -0.15) is 0 Å². The van der Waals surface area contributed by atoms with Gasteiger partial charge in [0.2, 0.25) is 0 Å². The van der Waals surface area contributed by atoms with Crippen molar-refractivity contribution >= 4 is 11.9 Å². The predicted octanol–water partition coefficient (Wildman–Crippen LogP) is 3.26. The summed E-state index contributed by atoms with van der Waals surface area (Å²) in [6.07, 6.45) is 1.02. The van der Waals surface area contributed by atoms with Crippen molar-refractivity contribution in [3.8, 4) is 0 Å². The van der Waals surface area contributed by atoms with E-state index in [0.717, 1.165) is 12.0 Å². The topological polar surface area (TPSA) is 63.6 Å². The standard InChI is InChI=1S/C11H14O2.C4H8O2/c1-9(2)11(12)13-8-10-6-4-3-5-7-10;1-2-3-4(5)6/h3-7,9H,8H2,1-2H3;2-3H2,1H3,(H,5,6). The number of rotatable bonds is 5. The van der Waals surface area contributed by atoms with E-state index in [1.807, 2.05) is 51.1 Å². The maximum atomic E-state index is 11.1. The molecule has 0 unspecified atom stereocenters. The number of carboxylic acids is 1. The molecule has 0 spiro atoms. The van der Waals surface area contributed by atoms with Crippen LogP contribution in [0.25, 0.3) is 0 Å². The van der Waals surface area contributed by atoms with Crippen LogP contribution < -0.4 is 0 Å². The zero-order chi connectivity index (χ0) is 14.7. The van der Waals surface area contributed by atoms with Gasteiger partial charge in [-0.05, 0) is 12.0 Å². The van der Waals surface area contributed by atoms with Gasteiger partial charge < -0.3 is 9.84 Å². The van der Waals surface area contributed by atoms with Crippen molar-refractivity contribution in [2.45, 2.75) is 40.2 Å². The van der Waals surface area contributed by atoms with Gasteiger partial charge in [-0.3, -0.25) is 9.59 Å². The molecule has 0 saturated carbocycles. The molecule has 1 rings (SSSR count). The molecule has 106 valence electrons. The van der Waals surface area contributed by atoms with Crippen molar-refractivity contribution < 1.29 is 19.4 Å². The highest BCUT2D eigenvalue weighted by atomic mass is 16.5. The molecule has 19 heavy (non-hydrogen) atoms. The van der Waals surface area contributed by atoms with E-state index in [1.54, 1.807) is 0 Å². The molecule has 0 saturated heterocycles. The first-order valence-electron chi connectivity index (χ1n) is 6.39. The van der Waals surface area contributed by atoms with Gasteiger partial charge in [0, 0.05) is 6.42 Å². The van der Waals surface area contributed by atoms with Gasteiger partial charge in [0.15, 0.2) is 0 Å². The second kappa shape index (κ2) is 10.1. The fourth-order valence-electron chi connectivity index (χ4n) is 1.11. The quantitative estimate of drug-likeness (QED) is 0.831. The van der Waals surface area contributed by atoms with Crippen LogP contribution in [0.5, 0.6) is 0 Å². The van der Waals surface area contributed by atoms with Crippen LogP contribution in [0.4, 0.5) is 0 Å². The lowest BCUT2D eigenvalue weighted by atomic mass is 10.2. The van der Waals surface area contributed by atoms with E-state index in [1.165, 1.54) is 0 Å². The fraction of sp³-hybridized carbons (Fsp3) is 0.467. The van der Waals surface area contributed by atoms with Crippen molar-refractivity contribution in [2.75, 3.05) is 0 Å². The number of carboxylic acid groups (broad SMARTS) is 1. The van der Waals surface area contributed by atoms with Gasteiger partial charge >= 0.3 is 11.9 Å². The van der Waals surface area contributed by atoms with Gasteiger partial charge in [-0.15, -0.1) is 0 Å². The number of benzene rings is 1. The second-order valence-electron chi connectivity index (χ2n) is 4.39. The van der Waals surface area contributed by atoms with Crippen molar-refractivity contribution in [1.82, 2.24) is 0 Å². The lowest BCUT2D eigenvalue weighted by Crippen LogP contribution is -2.11. The van der Waals surface area contributed by atoms with Crippen molar-refractivity contribution in [1.29, 1.82) is 0 Å². The van der Waals surface area contributed by atoms with Crippen LogP contribution in [0.2, 0.25) is 0 Å². The first kappa shape index (κ1) is 17.2. The van der Waals surface area contributed by atoms with Crippen LogP contribution in [0.1, 0.15) is 39.2 Å². The molecular formula is C15H22O4. The molecule has 0 aliphatic carbocycles. The van der Waals surface area contributed by atoms with E-state index in [0.29, 0.717) is 13.0 Å². The zero-order valence-corrected chi connectivity index (χ0v) is 11.8. The minimum atomic E-state index is -0.711. The SMILES string of the molecule is CC(C)C(=O)OCc1ccccc1.CCCC(=O)O. The molecule has 0 radical (unpaired) electrons. The normalized spacial score (nSPS) is 9.47. The summed E-state index contributed by atoms with van der Waals surface area (Å²) < 4.78 is 5.05. The lowest BCUT2D eigenvalue weighted by molar-refractivity contribution is -0.148. The Morgan fingerprint density at radius 3 is 2.16 bits per heavy atom. The monoisotopic (exact) mass is 266 g/mol. The van der Waals surface area contributed by atoms with E-state index >= 15 is 0 Å². The molecule has 1 N–H and O–H groups in total. The molecular weight excluding hydrogens is 244 g/mol. The number of esters is 1. The second-order valence-corrected chi connectivity index (χ2v) is 4.39. The van der Waals surface area contributed by atoms with Crippen LogP contribution in [0, 0.1) is 5.92 Å². The van der Waals surface area contributed by atoms with Crippen LogP contribution in [-0.2, 0) is 20.9 Å². The van der Waals surface area contributed by atoms with Crippen molar-refractivity contribution in [3.63, 3.8) is 0 Å². The molecule has 4 nitrogen and oxygen atoms in total. The van der Waals surface area contributed by atoms with Crippen molar-refractivity contribution in [3.05, 3.63) is 35.9 Å². The average Bonchev–Trinajstić information content (AvgIpc) is 2.37. The fourth-order valence-corrected chi connectivity index (χ4v) is 1.11. The third-order valence-electron chi connectivity index (χ3n) is 2.16. The molecule has 1 aromatic carbocycles. The molecule has 1 aromatic rings. The van der Waals surface area contributed by atoms with E-state index in [2.05, 4.69) is 0 Å². The van der Waals surface area contributed by atoms with Crippen LogP contribution in [-0.4, -0.2) is 17.0 Å². The smallest absolute Gasteiger partial charge is 0.308 e. The maximum absolute atomic E-state index is 11.1. The summed E-state index contributed by atoms with van der Waals surface area (Å²) in [4.78, 5) is 20.7. The summed E-state index contributed by atoms with van der Waals surface area (Å²) in [6, 6.07) is 9.67. The Balaban J connectivity index is 0.000000459. The maximum Gasteiger partial charge on any atom is 0.308 e. The molecule has 0 atom stereocenters.